The second-order valence-electron chi connectivity index (χ2n) is 3.87. The van der Waals surface area contributed by atoms with Gasteiger partial charge in [0.25, 0.3) is 11.8 Å². The maximum Gasteiger partial charge on any atom is 0.258 e. The van der Waals surface area contributed by atoms with Crippen molar-refractivity contribution in [3.63, 3.8) is 0 Å². The summed E-state index contributed by atoms with van der Waals surface area (Å²) in [4.78, 5) is 24.3. The molecule has 1 aromatic carbocycles. The minimum absolute atomic E-state index is 0.318. The van der Waals surface area contributed by atoms with E-state index in [1.807, 2.05) is 12.1 Å². The molecule has 0 aliphatic carbocycles. The van der Waals surface area contributed by atoms with Crippen LogP contribution in [-0.4, -0.2) is 22.0 Å². The highest BCUT2D eigenvalue weighted by atomic mass is 16.2. The molecule has 1 N–H and O–H groups in total. The van der Waals surface area contributed by atoms with Crippen LogP contribution in [-0.2, 0) is 9.59 Å². The van der Waals surface area contributed by atoms with E-state index < -0.39 is 0 Å². The number of hydrogen-bond acceptors (Lipinski definition) is 3. The average molecular weight is 239 g/mol. The molecule has 0 fully saturated rings. The average Bonchev–Trinajstić information content (AvgIpc) is 3.00. The Hall–Kier alpha value is -2.69. The van der Waals surface area contributed by atoms with Crippen LogP contribution < -0.4 is 4.90 Å². The van der Waals surface area contributed by atoms with Gasteiger partial charge >= 0.3 is 0 Å². The number of anilines is 1. The third kappa shape index (κ3) is 1.62. The zero-order valence-corrected chi connectivity index (χ0v) is 9.33. The Bertz CT molecular complexity index is 626. The third-order valence-electron chi connectivity index (χ3n) is 2.73. The Kier molecular flexibility index (Phi) is 2.30. The van der Waals surface area contributed by atoms with E-state index in [4.69, 9.17) is 0 Å². The first kappa shape index (κ1) is 10.5. The van der Waals surface area contributed by atoms with E-state index in [2.05, 4.69) is 10.2 Å². The number of carbonyl (C=O) groups excluding carboxylic acids is 2. The Balaban J connectivity index is 2.02. The SMILES string of the molecule is O=C1C=CC(=O)N1c1cccc(-c2ccn[nH]2)c1. The highest BCUT2D eigenvalue weighted by molar-refractivity contribution is 6.28. The van der Waals surface area contributed by atoms with Gasteiger partial charge in [0.2, 0.25) is 0 Å². The van der Waals surface area contributed by atoms with Gasteiger partial charge in [-0.15, -0.1) is 0 Å². The van der Waals surface area contributed by atoms with Gasteiger partial charge in [0.1, 0.15) is 0 Å². The number of nitrogens with zero attached hydrogens (tertiary/aromatic N) is 2. The molecular weight excluding hydrogens is 230 g/mol. The van der Waals surface area contributed by atoms with Crippen LogP contribution in [0.25, 0.3) is 11.3 Å². The number of amides is 2. The van der Waals surface area contributed by atoms with Gasteiger partial charge in [0.15, 0.2) is 0 Å². The number of hydrogen-bond donors (Lipinski definition) is 1. The van der Waals surface area contributed by atoms with Crippen molar-refractivity contribution in [3.8, 4) is 11.3 Å². The monoisotopic (exact) mass is 239 g/mol. The first-order chi connectivity index (χ1) is 8.75. The zero-order valence-electron chi connectivity index (χ0n) is 9.33. The molecule has 2 amide bonds. The summed E-state index contributed by atoms with van der Waals surface area (Å²) in [6.07, 6.45) is 4.19. The van der Waals surface area contributed by atoms with Crippen molar-refractivity contribution >= 4 is 17.5 Å². The second kappa shape index (κ2) is 3.96. The van der Waals surface area contributed by atoms with E-state index in [1.165, 1.54) is 12.2 Å². The topological polar surface area (TPSA) is 66.1 Å². The van der Waals surface area contributed by atoms with E-state index in [1.54, 1.807) is 24.4 Å². The fourth-order valence-electron chi connectivity index (χ4n) is 1.88. The van der Waals surface area contributed by atoms with E-state index in [9.17, 15) is 9.59 Å². The molecule has 3 rings (SSSR count). The number of carbonyl (C=O) groups is 2. The minimum atomic E-state index is -0.318. The molecule has 0 atom stereocenters. The Morgan fingerprint density at radius 1 is 1.06 bits per heavy atom. The van der Waals surface area contributed by atoms with Crippen LogP contribution in [0.15, 0.2) is 48.7 Å². The van der Waals surface area contributed by atoms with Crippen LogP contribution in [0.1, 0.15) is 0 Å². The molecule has 88 valence electrons. The number of aromatic amines is 1. The van der Waals surface area contributed by atoms with Crippen LogP contribution in [0.3, 0.4) is 0 Å². The second-order valence-corrected chi connectivity index (χ2v) is 3.87. The van der Waals surface area contributed by atoms with Gasteiger partial charge < -0.3 is 0 Å². The summed E-state index contributed by atoms with van der Waals surface area (Å²) in [6, 6.07) is 9.00. The van der Waals surface area contributed by atoms with Crippen molar-refractivity contribution in [2.24, 2.45) is 0 Å². The summed E-state index contributed by atoms with van der Waals surface area (Å²) in [7, 11) is 0. The van der Waals surface area contributed by atoms with E-state index in [0.29, 0.717) is 5.69 Å². The fourth-order valence-corrected chi connectivity index (χ4v) is 1.88. The Morgan fingerprint density at radius 2 is 1.83 bits per heavy atom. The molecule has 5 heteroatoms. The molecule has 2 aromatic rings. The molecule has 0 bridgehead atoms. The van der Waals surface area contributed by atoms with E-state index >= 15 is 0 Å². The molecule has 18 heavy (non-hydrogen) atoms. The molecule has 1 aliphatic heterocycles. The normalized spacial score (nSPS) is 14.6. The van der Waals surface area contributed by atoms with Crippen molar-refractivity contribution < 1.29 is 9.59 Å². The number of imide groups is 1. The molecule has 0 saturated heterocycles. The van der Waals surface area contributed by atoms with Crippen LogP contribution >= 0.6 is 0 Å². The molecule has 0 saturated carbocycles. The van der Waals surface area contributed by atoms with Gasteiger partial charge in [-0.2, -0.15) is 5.10 Å². The van der Waals surface area contributed by atoms with Gasteiger partial charge in [-0.25, -0.2) is 4.90 Å². The Morgan fingerprint density at radius 3 is 2.50 bits per heavy atom. The number of rotatable bonds is 2. The van der Waals surface area contributed by atoms with Crippen molar-refractivity contribution in [1.29, 1.82) is 0 Å². The van der Waals surface area contributed by atoms with Crippen molar-refractivity contribution in [3.05, 3.63) is 48.7 Å². The van der Waals surface area contributed by atoms with Gasteiger partial charge in [-0.05, 0) is 18.2 Å². The minimum Gasteiger partial charge on any atom is -0.278 e. The maximum absolute atomic E-state index is 11.6. The molecule has 0 spiro atoms. The van der Waals surface area contributed by atoms with Gasteiger partial charge in [0, 0.05) is 23.9 Å². The smallest absolute Gasteiger partial charge is 0.258 e. The summed E-state index contributed by atoms with van der Waals surface area (Å²) in [6.45, 7) is 0. The lowest BCUT2D eigenvalue weighted by Gasteiger charge is -2.14. The summed E-state index contributed by atoms with van der Waals surface area (Å²) < 4.78 is 0. The van der Waals surface area contributed by atoms with Crippen LogP contribution in [0.5, 0.6) is 0 Å². The summed E-state index contributed by atoms with van der Waals surface area (Å²) in [5, 5.41) is 6.71. The highest BCUT2D eigenvalue weighted by Crippen LogP contribution is 2.25. The number of H-pyrrole nitrogens is 1. The predicted molar refractivity (Wildman–Crippen MR) is 65.7 cm³/mol. The summed E-state index contributed by atoms with van der Waals surface area (Å²) in [5.74, 6) is -0.636. The largest absolute Gasteiger partial charge is 0.278 e. The van der Waals surface area contributed by atoms with Crippen LogP contribution in [0, 0.1) is 0 Å². The zero-order chi connectivity index (χ0) is 12.5. The van der Waals surface area contributed by atoms with Gasteiger partial charge in [-0.3, -0.25) is 14.7 Å². The lowest BCUT2D eigenvalue weighted by Crippen LogP contribution is -2.29. The fraction of sp³-hybridized carbons (Fsp3) is 0. The van der Waals surface area contributed by atoms with Crippen molar-refractivity contribution in [2.75, 3.05) is 4.90 Å². The van der Waals surface area contributed by atoms with Crippen molar-refractivity contribution in [1.82, 2.24) is 10.2 Å². The summed E-state index contributed by atoms with van der Waals surface area (Å²) >= 11 is 0. The third-order valence-corrected chi connectivity index (χ3v) is 2.73. The van der Waals surface area contributed by atoms with Gasteiger partial charge in [0.05, 0.1) is 11.4 Å². The quantitative estimate of drug-likeness (QED) is 0.808. The standard InChI is InChI=1S/C13H9N3O2/c17-12-4-5-13(18)16(12)10-3-1-2-9(8-10)11-6-7-14-15-11/h1-8H,(H,14,15). The summed E-state index contributed by atoms with van der Waals surface area (Å²) in [5.41, 5.74) is 2.27. The first-order valence-electron chi connectivity index (χ1n) is 5.41. The van der Waals surface area contributed by atoms with Crippen LogP contribution in [0.4, 0.5) is 5.69 Å². The molecule has 1 aliphatic rings. The lowest BCUT2D eigenvalue weighted by molar-refractivity contribution is -0.119. The van der Waals surface area contributed by atoms with Crippen molar-refractivity contribution in [2.45, 2.75) is 0 Å². The predicted octanol–water partition coefficient (Wildman–Crippen LogP) is 1.51. The lowest BCUT2D eigenvalue weighted by atomic mass is 10.1. The number of benzene rings is 1. The first-order valence-corrected chi connectivity index (χ1v) is 5.41. The molecule has 1 aromatic heterocycles. The number of nitrogens with one attached hydrogen (secondary N) is 1. The van der Waals surface area contributed by atoms with E-state index in [0.717, 1.165) is 16.2 Å². The highest BCUT2D eigenvalue weighted by Gasteiger charge is 2.25. The van der Waals surface area contributed by atoms with E-state index in [-0.39, 0.29) is 11.8 Å². The molecular formula is C13H9N3O2. The van der Waals surface area contributed by atoms with Gasteiger partial charge in [-0.1, -0.05) is 12.1 Å². The molecule has 0 unspecified atom stereocenters. The van der Waals surface area contributed by atoms with Crippen LogP contribution in [0.2, 0.25) is 0 Å². The molecule has 5 nitrogen and oxygen atoms in total. The maximum atomic E-state index is 11.6. The molecule has 2 heterocycles. The molecule has 0 radical (unpaired) electrons. The Labute approximate surface area is 103 Å². The number of aromatic nitrogens is 2.